The molecule has 0 aliphatic carbocycles. The van der Waals surface area contributed by atoms with Crippen LogP contribution in [0, 0.1) is 0 Å². The molecule has 7 nitrogen and oxygen atoms in total. The first-order valence-corrected chi connectivity index (χ1v) is 9.99. The average molecular weight is 389 g/mol. The Labute approximate surface area is 169 Å². The van der Waals surface area contributed by atoms with E-state index in [1.54, 1.807) is 6.20 Å². The molecule has 0 saturated carbocycles. The summed E-state index contributed by atoms with van der Waals surface area (Å²) in [5.41, 5.74) is 3.30. The van der Waals surface area contributed by atoms with Gasteiger partial charge in [0.1, 0.15) is 17.3 Å². The van der Waals surface area contributed by atoms with Gasteiger partial charge >= 0.3 is 0 Å². The predicted octanol–water partition coefficient (Wildman–Crippen LogP) is 2.49. The lowest BCUT2D eigenvalue weighted by Crippen LogP contribution is -2.43. The molecule has 2 N–H and O–H groups in total. The number of carbonyl (C=O) groups excluding carboxylic acids is 1. The number of nitrogens with one attached hydrogen (secondary N) is 2. The number of hydrogen-bond acceptors (Lipinski definition) is 6. The van der Waals surface area contributed by atoms with Gasteiger partial charge in [-0.15, -0.1) is 0 Å². The molecule has 1 fully saturated rings. The summed E-state index contributed by atoms with van der Waals surface area (Å²) in [5.74, 6) is 2.35. The highest BCUT2D eigenvalue weighted by Crippen LogP contribution is 2.30. The van der Waals surface area contributed by atoms with E-state index in [-0.39, 0.29) is 11.9 Å². The van der Waals surface area contributed by atoms with E-state index in [0.717, 1.165) is 54.6 Å². The van der Waals surface area contributed by atoms with Gasteiger partial charge in [-0.3, -0.25) is 9.78 Å². The van der Waals surface area contributed by atoms with Crippen LogP contribution in [0.1, 0.15) is 23.0 Å². The van der Waals surface area contributed by atoms with Gasteiger partial charge in [-0.05, 0) is 37.3 Å². The molecule has 2 aliphatic rings. The van der Waals surface area contributed by atoms with Crippen LogP contribution in [0.5, 0.6) is 0 Å². The monoisotopic (exact) mass is 389 g/mol. The minimum atomic E-state index is -0.0734. The zero-order chi connectivity index (χ0) is 19.8. The number of anilines is 1. The van der Waals surface area contributed by atoms with Gasteiger partial charge in [0.2, 0.25) is 0 Å². The zero-order valence-electron chi connectivity index (χ0n) is 16.3. The van der Waals surface area contributed by atoms with E-state index in [0.29, 0.717) is 17.7 Å². The number of fused-ring (bicyclic) bond motifs is 1. The smallest absolute Gasteiger partial charge is 0.255 e. The number of aromatic nitrogens is 2. The first kappa shape index (κ1) is 17.9. The number of hydrogen-bond donors (Lipinski definition) is 2. The number of piperazine rings is 1. The Kier molecular flexibility index (Phi) is 4.52. The Morgan fingerprint density at radius 2 is 1.97 bits per heavy atom. The third-order valence-corrected chi connectivity index (χ3v) is 5.45. The normalized spacial score (nSPS) is 19.0. The number of carbonyl (C=O) groups is 1. The molecular formula is C22H23N5O2. The molecule has 0 bridgehead atoms. The third-order valence-electron chi connectivity index (χ3n) is 5.45. The van der Waals surface area contributed by atoms with E-state index < -0.39 is 0 Å². The Bertz CT molecular complexity index is 1040. The van der Waals surface area contributed by atoms with Crippen LogP contribution in [0.15, 0.2) is 47.1 Å². The summed E-state index contributed by atoms with van der Waals surface area (Å²) >= 11 is 0. The fourth-order valence-corrected chi connectivity index (χ4v) is 3.91. The van der Waals surface area contributed by atoms with E-state index in [9.17, 15) is 4.79 Å². The van der Waals surface area contributed by atoms with Crippen molar-refractivity contribution in [1.82, 2.24) is 20.6 Å². The Morgan fingerprint density at radius 3 is 2.76 bits per heavy atom. The molecule has 0 radical (unpaired) electrons. The second-order valence-electron chi connectivity index (χ2n) is 7.60. The molecule has 0 aromatic carbocycles. The van der Waals surface area contributed by atoms with Crippen molar-refractivity contribution in [2.75, 3.05) is 31.1 Å². The molecule has 29 heavy (non-hydrogen) atoms. The van der Waals surface area contributed by atoms with E-state index in [2.05, 4.69) is 31.6 Å². The molecule has 1 saturated heterocycles. The second-order valence-corrected chi connectivity index (χ2v) is 7.60. The highest BCUT2D eigenvalue weighted by atomic mass is 16.3. The average Bonchev–Trinajstić information content (AvgIpc) is 3.19. The van der Waals surface area contributed by atoms with Crippen LogP contribution in [0.25, 0.3) is 22.6 Å². The predicted molar refractivity (Wildman–Crippen MR) is 111 cm³/mol. The Hall–Kier alpha value is -3.19. The first-order valence-electron chi connectivity index (χ1n) is 9.99. The van der Waals surface area contributed by atoms with Crippen LogP contribution in [0.2, 0.25) is 0 Å². The van der Waals surface area contributed by atoms with Crippen LogP contribution < -0.4 is 15.5 Å². The summed E-state index contributed by atoms with van der Waals surface area (Å²) in [6.45, 7) is 5.88. The van der Waals surface area contributed by atoms with Gasteiger partial charge in [0.15, 0.2) is 0 Å². The molecule has 2 aliphatic heterocycles. The standard InChI is InChI=1S/C22H23N5O2/c1-14-10-20-17(22(28)26-14)12-19(29-20)15-4-5-24-18(11-15)16-2-3-21(25-13-16)27-8-6-23-7-9-27/h2-5,11-14,23H,6-10H2,1H3,(H,26,28). The summed E-state index contributed by atoms with van der Waals surface area (Å²) in [4.78, 5) is 23.6. The van der Waals surface area contributed by atoms with Gasteiger partial charge in [0, 0.05) is 62.2 Å². The van der Waals surface area contributed by atoms with Crippen LogP contribution in [0.4, 0.5) is 5.82 Å². The number of nitrogens with zero attached hydrogens (tertiary/aromatic N) is 3. The second kappa shape index (κ2) is 7.33. The highest BCUT2D eigenvalue weighted by molar-refractivity contribution is 5.97. The molecule has 3 aromatic rings. The molecule has 5 rings (SSSR count). The van der Waals surface area contributed by atoms with Crippen molar-refractivity contribution in [1.29, 1.82) is 0 Å². The SMILES string of the molecule is CC1Cc2oc(-c3ccnc(-c4ccc(N5CCNCC5)nc4)c3)cc2C(=O)N1. The maximum absolute atomic E-state index is 12.2. The number of rotatable bonds is 3. The summed E-state index contributed by atoms with van der Waals surface area (Å²) in [7, 11) is 0. The largest absolute Gasteiger partial charge is 0.460 e. The quantitative estimate of drug-likeness (QED) is 0.716. The minimum Gasteiger partial charge on any atom is -0.460 e. The topological polar surface area (TPSA) is 83.3 Å². The number of furan rings is 1. The molecular weight excluding hydrogens is 366 g/mol. The number of amides is 1. The van der Waals surface area contributed by atoms with Gasteiger partial charge < -0.3 is 20.0 Å². The first-order chi connectivity index (χ1) is 14.2. The minimum absolute atomic E-state index is 0.0734. The van der Waals surface area contributed by atoms with Gasteiger partial charge in [-0.2, -0.15) is 0 Å². The van der Waals surface area contributed by atoms with Crippen molar-refractivity contribution < 1.29 is 9.21 Å². The van der Waals surface area contributed by atoms with E-state index in [1.807, 2.05) is 37.4 Å². The van der Waals surface area contributed by atoms with E-state index in [4.69, 9.17) is 4.42 Å². The van der Waals surface area contributed by atoms with Crippen LogP contribution in [-0.4, -0.2) is 48.1 Å². The molecule has 7 heteroatoms. The summed E-state index contributed by atoms with van der Waals surface area (Å²) in [6.07, 6.45) is 4.33. The zero-order valence-corrected chi connectivity index (χ0v) is 16.3. The summed E-state index contributed by atoms with van der Waals surface area (Å²) < 4.78 is 6.01. The van der Waals surface area contributed by atoms with Gasteiger partial charge in [-0.1, -0.05) is 0 Å². The van der Waals surface area contributed by atoms with Crippen molar-refractivity contribution in [2.24, 2.45) is 0 Å². The molecule has 0 spiro atoms. The molecule has 1 atom stereocenters. The van der Waals surface area contributed by atoms with Gasteiger partial charge in [0.05, 0.1) is 11.3 Å². The molecule has 5 heterocycles. The summed E-state index contributed by atoms with van der Waals surface area (Å²) in [6, 6.07) is 9.89. The van der Waals surface area contributed by atoms with E-state index >= 15 is 0 Å². The van der Waals surface area contributed by atoms with Gasteiger partial charge in [-0.25, -0.2) is 4.98 Å². The van der Waals surface area contributed by atoms with Crippen molar-refractivity contribution in [3.8, 4) is 22.6 Å². The third kappa shape index (κ3) is 3.49. The maximum atomic E-state index is 12.2. The lowest BCUT2D eigenvalue weighted by atomic mass is 10.0. The molecule has 148 valence electrons. The Balaban J connectivity index is 1.42. The number of pyridine rings is 2. The van der Waals surface area contributed by atoms with Crippen LogP contribution in [-0.2, 0) is 6.42 Å². The fourth-order valence-electron chi connectivity index (χ4n) is 3.91. The van der Waals surface area contributed by atoms with Crippen LogP contribution >= 0.6 is 0 Å². The van der Waals surface area contributed by atoms with Crippen molar-refractivity contribution in [3.05, 3.63) is 54.0 Å². The van der Waals surface area contributed by atoms with Crippen molar-refractivity contribution >= 4 is 11.7 Å². The van der Waals surface area contributed by atoms with Crippen LogP contribution in [0.3, 0.4) is 0 Å². The highest BCUT2D eigenvalue weighted by Gasteiger charge is 2.26. The lowest BCUT2D eigenvalue weighted by Gasteiger charge is -2.28. The van der Waals surface area contributed by atoms with E-state index in [1.165, 1.54) is 0 Å². The molecule has 1 unspecified atom stereocenters. The maximum Gasteiger partial charge on any atom is 0.255 e. The summed E-state index contributed by atoms with van der Waals surface area (Å²) in [5, 5.41) is 6.30. The van der Waals surface area contributed by atoms with Gasteiger partial charge in [0.25, 0.3) is 5.91 Å². The Morgan fingerprint density at radius 1 is 1.10 bits per heavy atom. The molecule has 1 amide bonds. The van der Waals surface area contributed by atoms with Crippen molar-refractivity contribution in [2.45, 2.75) is 19.4 Å². The lowest BCUT2D eigenvalue weighted by molar-refractivity contribution is 0.0925. The fraction of sp³-hybridized carbons (Fsp3) is 0.318. The van der Waals surface area contributed by atoms with Crippen molar-refractivity contribution in [3.63, 3.8) is 0 Å². The molecule has 3 aromatic heterocycles.